The minimum atomic E-state index is -0.240. The van der Waals surface area contributed by atoms with Gasteiger partial charge in [-0.2, -0.15) is 0 Å². The number of hydrogen-bond acceptors (Lipinski definition) is 10. The maximum Gasteiger partial charge on any atom is 0.165 e. The molecule has 0 saturated carbocycles. The average Bonchev–Trinajstić information content (AvgIpc) is 3.25. The Bertz CT molecular complexity index is 2800. The summed E-state index contributed by atoms with van der Waals surface area (Å²) in [4.78, 5) is 0. The summed E-state index contributed by atoms with van der Waals surface area (Å²) in [6.07, 6.45) is 0. The number of phenolic OH excluding ortho intramolecular Hbond substituents is 6. The first kappa shape index (κ1) is 53.9. The molecule has 0 spiro atoms. The summed E-state index contributed by atoms with van der Waals surface area (Å²) in [5.74, 6) is 2.92. The van der Waals surface area contributed by atoms with Crippen LogP contribution >= 0.6 is 0 Å². The van der Waals surface area contributed by atoms with Gasteiger partial charge < -0.3 is 49.6 Å². The Morgan fingerprint density at radius 2 is 0.838 bits per heavy atom. The number of ether oxygens (including phenoxy) is 4. The number of phenols is 6. The molecule has 0 saturated heterocycles. The normalized spacial score (nSPS) is 11.4. The molecule has 6 N–H and O–H groups in total. The SMILES string of the molecule is COc1cc(-c2cc(O)c(OC)cc2C)c(O)c(C(C)(C)C)c1.COc1cc(C)cc(-c2c(C)c(C)cc(C(C)(C)C)c2O)c1O.COc1cc(C)cc(-c2c(C)c(C)cc(C(C)C)c2O)c1O. The second-order valence-corrected chi connectivity index (χ2v) is 20.0. The third kappa shape index (κ3) is 11.4. The summed E-state index contributed by atoms with van der Waals surface area (Å²) >= 11 is 0. The molecular formula is C58H74O10. The molecule has 0 atom stereocenters. The zero-order valence-corrected chi connectivity index (χ0v) is 43.7. The standard InChI is InChI=1S/C20H26O3.C19H24O4.C19H24O3/c1-11-8-14(18(21)16(9-11)23-7)17-13(3)12(2)10-15(19(17)22)20(4,5)6;1-11-7-17(23-6)16(20)10-13(11)14-8-12(22-5)9-15(18(14)21)19(2,3)4;1-10(2)14-9-12(4)13(5)17(19(14)21)15-7-11(3)8-16(22-6)18(15)20/h8-10,21-22H,1-7H3;7-10,20-21H,1-6H3;7-10,20-21H,1-6H3. The molecule has 6 rings (SSSR count). The summed E-state index contributed by atoms with van der Waals surface area (Å²) in [7, 11) is 6.17. The second kappa shape index (κ2) is 21.1. The van der Waals surface area contributed by atoms with Crippen molar-refractivity contribution in [1.82, 2.24) is 0 Å². The first-order valence-corrected chi connectivity index (χ1v) is 22.8. The van der Waals surface area contributed by atoms with Gasteiger partial charge in [-0.25, -0.2) is 0 Å². The molecule has 0 bridgehead atoms. The van der Waals surface area contributed by atoms with E-state index in [0.717, 1.165) is 61.2 Å². The number of rotatable bonds is 8. The fraction of sp³-hybridized carbons (Fsp3) is 0.379. The molecule has 0 unspecified atom stereocenters. The topological polar surface area (TPSA) is 158 Å². The molecule has 0 fully saturated rings. The van der Waals surface area contributed by atoms with Gasteiger partial charge in [-0.15, -0.1) is 0 Å². The molecule has 6 aromatic carbocycles. The predicted molar refractivity (Wildman–Crippen MR) is 276 cm³/mol. The molecule has 0 aliphatic heterocycles. The molecule has 68 heavy (non-hydrogen) atoms. The molecule has 0 aliphatic carbocycles. The highest BCUT2D eigenvalue weighted by Gasteiger charge is 2.27. The van der Waals surface area contributed by atoms with Gasteiger partial charge in [0.2, 0.25) is 0 Å². The van der Waals surface area contributed by atoms with Crippen LogP contribution in [-0.2, 0) is 10.8 Å². The zero-order chi connectivity index (χ0) is 51.5. The Labute approximate surface area is 404 Å². The van der Waals surface area contributed by atoms with E-state index in [1.807, 2.05) is 113 Å². The van der Waals surface area contributed by atoms with Crippen molar-refractivity contribution in [3.63, 3.8) is 0 Å². The molecule has 0 radical (unpaired) electrons. The Balaban J connectivity index is 0.000000222. The molecule has 6 aromatic rings. The summed E-state index contributed by atoms with van der Waals surface area (Å²) in [5.41, 5.74) is 13.0. The largest absolute Gasteiger partial charge is 0.507 e. The maximum atomic E-state index is 10.9. The van der Waals surface area contributed by atoms with Gasteiger partial charge in [0.05, 0.1) is 28.4 Å². The van der Waals surface area contributed by atoms with Crippen LogP contribution in [-0.4, -0.2) is 59.1 Å². The van der Waals surface area contributed by atoms with E-state index in [-0.39, 0.29) is 51.2 Å². The third-order valence-electron chi connectivity index (χ3n) is 12.5. The molecule has 10 nitrogen and oxygen atoms in total. The Morgan fingerprint density at radius 3 is 1.26 bits per heavy atom. The van der Waals surface area contributed by atoms with Crippen molar-refractivity contribution in [3.05, 3.63) is 116 Å². The van der Waals surface area contributed by atoms with Gasteiger partial charge in [0.15, 0.2) is 34.5 Å². The lowest BCUT2D eigenvalue weighted by atomic mass is 9.81. The van der Waals surface area contributed by atoms with E-state index in [2.05, 4.69) is 20.8 Å². The highest BCUT2D eigenvalue weighted by Crippen LogP contribution is 2.49. The van der Waals surface area contributed by atoms with Crippen LogP contribution in [0.5, 0.6) is 57.5 Å². The van der Waals surface area contributed by atoms with Crippen molar-refractivity contribution in [2.45, 2.75) is 121 Å². The monoisotopic (exact) mass is 931 g/mol. The first-order chi connectivity index (χ1) is 31.5. The van der Waals surface area contributed by atoms with Crippen LogP contribution in [0.25, 0.3) is 33.4 Å². The lowest BCUT2D eigenvalue weighted by molar-refractivity contribution is 0.373. The van der Waals surface area contributed by atoms with Crippen molar-refractivity contribution < 1.29 is 49.6 Å². The van der Waals surface area contributed by atoms with Gasteiger partial charge >= 0.3 is 0 Å². The van der Waals surface area contributed by atoms with E-state index < -0.39 is 0 Å². The lowest BCUT2D eigenvalue weighted by Crippen LogP contribution is -2.12. The van der Waals surface area contributed by atoms with Crippen LogP contribution in [0.1, 0.15) is 117 Å². The molecule has 0 heterocycles. The van der Waals surface area contributed by atoms with Crippen molar-refractivity contribution in [2.75, 3.05) is 28.4 Å². The van der Waals surface area contributed by atoms with Crippen LogP contribution < -0.4 is 18.9 Å². The van der Waals surface area contributed by atoms with E-state index in [1.54, 1.807) is 37.4 Å². The van der Waals surface area contributed by atoms with Gasteiger partial charge in [-0.1, -0.05) is 67.5 Å². The van der Waals surface area contributed by atoms with Crippen molar-refractivity contribution in [2.24, 2.45) is 0 Å². The quantitative estimate of drug-likeness (QED) is 0.0868. The van der Waals surface area contributed by atoms with Gasteiger partial charge in [0.1, 0.15) is 23.0 Å². The first-order valence-electron chi connectivity index (χ1n) is 22.8. The number of hydrogen-bond donors (Lipinski definition) is 6. The molecule has 366 valence electrons. The van der Waals surface area contributed by atoms with E-state index in [0.29, 0.717) is 50.8 Å². The zero-order valence-electron chi connectivity index (χ0n) is 43.7. The molecule has 10 heteroatoms. The number of aryl methyl sites for hydroxylation is 5. The minimum Gasteiger partial charge on any atom is -0.507 e. The Morgan fingerprint density at radius 1 is 0.397 bits per heavy atom. The fourth-order valence-corrected chi connectivity index (χ4v) is 8.31. The van der Waals surface area contributed by atoms with E-state index in [1.165, 1.54) is 21.3 Å². The highest BCUT2D eigenvalue weighted by atomic mass is 16.5. The summed E-state index contributed by atoms with van der Waals surface area (Å²) in [5, 5.41) is 63.6. The predicted octanol–water partition coefficient (Wildman–Crippen LogP) is 14.2. The molecule has 0 aromatic heterocycles. The number of methoxy groups -OCH3 is 4. The van der Waals surface area contributed by atoms with Crippen LogP contribution in [0.3, 0.4) is 0 Å². The van der Waals surface area contributed by atoms with Crippen LogP contribution in [0, 0.1) is 48.5 Å². The minimum absolute atomic E-state index is 0.0348. The van der Waals surface area contributed by atoms with E-state index in [9.17, 15) is 30.6 Å². The van der Waals surface area contributed by atoms with Crippen molar-refractivity contribution in [3.8, 4) is 90.9 Å². The van der Waals surface area contributed by atoms with Gasteiger partial charge in [-0.3, -0.25) is 0 Å². The van der Waals surface area contributed by atoms with Crippen molar-refractivity contribution in [1.29, 1.82) is 0 Å². The van der Waals surface area contributed by atoms with Crippen LogP contribution in [0.2, 0.25) is 0 Å². The van der Waals surface area contributed by atoms with Gasteiger partial charge in [0.25, 0.3) is 0 Å². The van der Waals surface area contributed by atoms with E-state index in [4.69, 9.17) is 18.9 Å². The van der Waals surface area contributed by atoms with E-state index >= 15 is 0 Å². The summed E-state index contributed by atoms with van der Waals surface area (Å²) in [6.45, 7) is 30.2. The Kier molecular flexibility index (Phi) is 16.7. The molecule has 0 amide bonds. The smallest absolute Gasteiger partial charge is 0.165 e. The lowest BCUT2D eigenvalue weighted by Gasteiger charge is -2.25. The Hall–Kier alpha value is -6.68. The van der Waals surface area contributed by atoms with Crippen molar-refractivity contribution >= 4 is 0 Å². The molecule has 0 aliphatic rings. The van der Waals surface area contributed by atoms with Gasteiger partial charge in [0, 0.05) is 38.9 Å². The third-order valence-corrected chi connectivity index (χ3v) is 12.5. The summed E-state index contributed by atoms with van der Waals surface area (Å²) in [6, 6.07) is 18.3. The molecular weight excluding hydrogens is 857 g/mol. The van der Waals surface area contributed by atoms with Crippen LogP contribution in [0.4, 0.5) is 0 Å². The summed E-state index contributed by atoms with van der Waals surface area (Å²) < 4.78 is 21.0. The van der Waals surface area contributed by atoms with Gasteiger partial charge in [-0.05, 0) is 164 Å². The number of benzene rings is 6. The van der Waals surface area contributed by atoms with Crippen LogP contribution in [0.15, 0.2) is 60.7 Å². The highest BCUT2D eigenvalue weighted by molar-refractivity contribution is 5.84. The fourth-order valence-electron chi connectivity index (χ4n) is 8.31. The second-order valence-electron chi connectivity index (χ2n) is 20.0. The maximum absolute atomic E-state index is 10.9. The number of aromatic hydroxyl groups is 6. The average molecular weight is 931 g/mol.